The van der Waals surface area contributed by atoms with Crippen molar-refractivity contribution < 1.29 is 9.18 Å². The Morgan fingerprint density at radius 2 is 2.29 bits per heavy atom. The zero-order valence-electron chi connectivity index (χ0n) is 9.67. The van der Waals surface area contributed by atoms with Crippen molar-refractivity contribution in [1.29, 1.82) is 0 Å². The Hall–Kier alpha value is -0.940. The molecule has 0 radical (unpaired) electrons. The molecular formula is C12H16BrFN2O. The summed E-state index contributed by atoms with van der Waals surface area (Å²) in [5.74, 6) is -0.834. The van der Waals surface area contributed by atoms with Gasteiger partial charge in [-0.05, 0) is 34.5 Å². The molecule has 0 aliphatic heterocycles. The lowest BCUT2D eigenvalue weighted by Crippen LogP contribution is -2.35. The third-order valence-corrected chi connectivity index (χ3v) is 3.08. The van der Waals surface area contributed by atoms with Crippen LogP contribution < -0.4 is 11.1 Å². The lowest BCUT2D eigenvalue weighted by molar-refractivity contribution is -0.117. The van der Waals surface area contributed by atoms with Crippen molar-refractivity contribution in [2.45, 2.75) is 32.2 Å². The van der Waals surface area contributed by atoms with Gasteiger partial charge >= 0.3 is 0 Å². The smallest absolute Gasteiger partial charge is 0.241 e. The summed E-state index contributed by atoms with van der Waals surface area (Å²) < 4.78 is 13.9. The number of halogens is 2. The largest absolute Gasteiger partial charge is 0.321 e. The molecular weight excluding hydrogens is 287 g/mol. The molecule has 1 unspecified atom stereocenters. The van der Waals surface area contributed by atoms with Gasteiger partial charge in [0.15, 0.2) is 0 Å². The monoisotopic (exact) mass is 302 g/mol. The van der Waals surface area contributed by atoms with Gasteiger partial charge in [0, 0.05) is 4.47 Å². The van der Waals surface area contributed by atoms with E-state index in [0.717, 1.165) is 12.8 Å². The van der Waals surface area contributed by atoms with Gasteiger partial charge in [0.05, 0.1) is 11.7 Å². The first kappa shape index (κ1) is 14.1. The van der Waals surface area contributed by atoms with Crippen molar-refractivity contribution in [2.24, 2.45) is 5.73 Å². The molecule has 0 spiro atoms. The van der Waals surface area contributed by atoms with E-state index in [1.165, 1.54) is 6.07 Å². The van der Waals surface area contributed by atoms with E-state index in [4.69, 9.17) is 5.73 Å². The quantitative estimate of drug-likeness (QED) is 0.878. The van der Waals surface area contributed by atoms with Gasteiger partial charge < -0.3 is 11.1 Å². The highest BCUT2D eigenvalue weighted by atomic mass is 79.9. The number of nitrogens with two attached hydrogens (primary N) is 1. The van der Waals surface area contributed by atoms with Crippen LogP contribution in [0, 0.1) is 5.82 Å². The van der Waals surface area contributed by atoms with Crippen LogP contribution in [0.2, 0.25) is 0 Å². The highest BCUT2D eigenvalue weighted by molar-refractivity contribution is 9.10. The van der Waals surface area contributed by atoms with Gasteiger partial charge in [0.1, 0.15) is 5.82 Å². The minimum atomic E-state index is -0.596. The molecule has 0 aromatic heterocycles. The van der Waals surface area contributed by atoms with Crippen molar-refractivity contribution >= 4 is 27.5 Å². The summed E-state index contributed by atoms with van der Waals surface area (Å²) in [4.78, 5) is 11.7. The van der Waals surface area contributed by atoms with E-state index in [-0.39, 0.29) is 11.6 Å². The zero-order chi connectivity index (χ0) is 12.8. The zero-order valence-corrected chi connectivity index (χ0v) is 11.3. The Morgan fingerprint density at radius 1 is 1.59 bits per heavy atom. The van der Waals surface area contributed by atoms with Gasteiger partial charge in [-0.1, -0.05) is 25.8 Å². The fourth-order valence-electron chi connectivity index (χ4n) is 1.39. The average Bonchev–Trinajstić information content (AvgIpc) is 2.30. The molecule has 0 heterocycles. The molecule has 0 bridgehead atoms. The van der Waals surface area contributed by atoms with Crippen molar-refractivity contribution in [3.63, 3.8) is 0 Å². The predicted octanol–water partition coefficient (Wildman–Crippen LogP) is 3.04. The van der Waals surface area contributed by atoms with E-state index >= 15 is 0 Å². The number of benzene rings is 1. The summed E-state index contributed by atoms with van der Waals surface area (Å²) in [5, 5.41) is 2.50. The summed E-state index contributed by atoms with van der Waals surface area (Å²) in [5.41, 5.74) is 5.84. The molecule has 17 heavy (non-hydrogen) atoms. The van der Waals surface area contributed by atoms with Gasteiger partial charge in [-0.3, -0.25) is 4.79 Å². The Bertz CT molecular complexity index is 378. The second-order valence-electron chi connectivity index (χ2n) is 3.83. The fourth-order valence-corrected chi connectivity index (χ4v) is 1.83. The van der Waals surface area contributed by atoms with Crippen LogP contribution in [0.25, 0.3) is 0 Å². The topological polar surface area (TPSA) is 55.1 Å². The lowest BCUT2D eigenvalue weighted by atomic mass is 10.1. The van der Waals surface area contributed by atoms with E-state index in [1.807, 2.05) is 6.92 Å². The summed E-state index contributed by atoms with van der Waals surface area (Å²) in [6.45, 7) is 2.03. The summed E-state index contributed by atoms with van der Waals surface area (Å²) in [6, 6.07) is 3.92. The minimum absolute atomic E-state index is 0.143. The lowest BCUT2D eigenvalue weighted by Gasteiger charge is -2.13. The average molecular weight is 303 g/mol. The first-order valence-electron chi connectivity index (χ1n) is 5.56. The maximum absolute atomic E-state index is 13.4. The van der Waals surface area contributed by atoms with Crippen LogP contribution in [-0.4, -0.2) is 11.9 Å². The molecule has 0 saturated carbocycles. The van der Waals surface area contributed by atoms with Crippen molar-refractivity contribution in [3.05, 3.63) is 28.5 Å². The number of amides is 1. The van der Waals surface area contributed by atoms with Gasteiger partial charge in [-0.25, -0.2) is 4.39 Å². The Morgan fingerprint density at radius 3 is 2.88 bits per heavy atom. The molecule has 1 rings (SSSR count). The van der Waals surface area contributed by atoms with Gasteiger partial charge in [-0.15, -0.1) is 0 Å². The minimum Gasteiger partial charge on any atom is -0.321 e. The molecule has 0 fully saturated rings. The highest BCUT2D eigenvalue weighted by Crippen LogP contribution is 2.25. The number of carbonyl (C=O) groups excluding carboxylic acids is 1. The van der Waals surface area contributed by atoms with Crippen LogP contribution >= 0.6 is 15.9 Å². The van der Waals surface area contributed by atoms with Gasteiger partial charge in [-0.2, -0.15) is 0 Å². The third kappa shape index (κ3) is 4.09. The molecule has 1 aromatic rings. The maximum atomic E-state index is 13.4. The molecule has 1 amide bonds. The van der Waals surface area contributed by atoms with E-state index in [2.05, 4.69) is 21.2 Å². The SMILES string of the molecule is CCCCC(N)C(=O)Nc1c(F)cccc1Br. The third-order valence-electron chi connectivity index (χ3n) is 2.42. The van der Waals surface area contributed by atoms with Crippen molar-refractivity contribution in [3.8, 4) is 0 Å². The maximum Gasteiger partial charge on any atom is 0.241 e. The molecule has 3 nitrogen and oxygen atoms in total. The second kappa shape index (κ2) is 6.71. The van der Waals surface area contributed by atoms with Gasteiger partial charge in [0.25, 0.3) is 0 Å². The standard InChI is InChI=1S/C12H16BrFN2O/c1-2-3-7-10(15)12(17)16-11-8(13)5-4-6-9(11)14/h4-6,10H,2-3,7,15H2,1H3,(H,16,17). The van der Waals surface area contributed by atoms with Crippen LogP contribution in [0.3, 0.4) is 0 Å². The number of para-hydroxylation sites is 1. The number of unbranched alkanes of at least 4 members (excludes halogenated alkanes) is 1. The Labute approximate surface area is 109 Å². The molecule has 1 atom stereocenters. The van der Waals surface area contributed by atoms with E-state index in [0.29, 0.717) is 10.9 Å². The molecule has 0 saturated heterocycles. The van der Waals surface area contributed by atoms with Gasteiger partial charge in [0.2, 0.25) is 5.91 Å². The molecule has 5 heteroatoms. The number of rotatable bonds is 5. The molecule has 3 N–H and O–H groups in total. The number of hydrogen-bond donors (Lipinski definition) is 2. The number of anilines is 1. The van der Waals surface area contributed by atoms with Crippen LogP contribution in [-0.2, 0) is 4.79 Å². The van der Waals surface area contributed by atoms with E-state index in [9.17, 15) is 9.18 Å². The summed E-state index contributed by atoms with van der Waals surface area (Å²) >= 11 is 3.18. The van der Waals surface area contributed by atoms with E-state index in [1.54, 1.807) is 12.1 Å². The van der Waals surface area contributed by atoms with Crippen LogP contribution in [0.4, 0.5) is 10.1 Å². The Balaban J connectivity index is 2.68. The van der Waals surface area contributed by atoms with Crippen LogP contribution in [0.1, 0.15) is 26.2 Å². The molecule has 0 aliphatic carbocycles. The first-order chi connectivity index (χ1) is 8.06. The number of hydrogen-bond acceptors (Lipinski definition) is 2. The number of nitrogens with one attached hydrogen (secondary N) is 1. The fraction of sp³-hybridized carbons (Fsp3) is 0.417. The molecule has 94 valence electrons. The van der Waals surface area contributed by atoms with Crippen LogP contribution in [0.15, 0.2) is 22.7 Å². The van der Waals surface area contributed by atoms with Crippen molar-refractivity contribution in [1.82, 2.24) is 0 Å². The normalized spacial score (nSPS) is 12.2. The van der Waals surface area contributed by atoms with Crippen LogP contribution in [0.5, 0.6) is 0 Å². The summed E-state index contributed by atoms with van der Waals surface area (Å²) in [6.07, 6.45) is 2.46. The second-order valence-corrected chi connectivity index (χ2v) is 4.69. The predicted molar refractivity (Wildman–Crippen MR) is 70.2 cm³/mol. The Kier molecular flexibility index (Phi) is 5.58. The van der Waals surface area contributed by atoms with Crippen molar-refractivity contribution in [2.75, 3.05) is 5.32 Å². The van der Waals surface area contributed by atoms with E-state index < -0.39 is 11.9 Å². The first-order valence-corrected chi connectivity index (χ1v) is 6.36. The summed E-state index contributed by atoms with van der Waals surface area (Å²) in [7, 11) is 0. The molecule has 1 aromatic carbocycles. The molecule has 0 aliphatic rings. The number of carbonyl (C=O) groups is 1. The highest BCUT2D eigenvalue weighted by Gasteiger charge is 2.16.